The monoisotopic (exact) mass is 504 g/mol. The fourth-order valence-corrected chi connectivity index (χ4v) is 4.12. The largest absolute Gasteiger partial charge is 0.435 e. The van der Waals surface area contributed by atoms with E-state index in [-0.39, 0.29) is 29.5 Å². The number of thiazole rings is 1. The van der Waals surface area contributed by atoms with Crippen LogP contribution in [0.25, 0.3) is 15.9 Å². The Morgan fingerprint density at radius 1 is 1.19 bits per heavy atom. The number of anilines is 1. The number of nitrogens with zero attached hydrogens (tertiary/aromatic N) is 3. The Morgan fingerprint density at radius 3 is 2.78 bits per heavy atom. The van der Waals surface area contributed by atoms with Gasteiger partial charge in [0.05, 0.1) is 16.6 Å². The molecule has 0 saturated carbocycles. The topological polar surface area (TPSA) is 146 Å². The molecule has 0 bridgehead atoms. The summed E-state index contributed by atoms with van der Waals surface area (Å²) < 4.78 is 20.9. The van der Waals surface area contributed by atoms with Crippen LogP contribution in [0.2, 0.25) is 0 Å². The molecule has 0 fully saturated rings. The van der Waals surface area contributed by atoms with Crippen molar-refractivity contribution in [3.63, 3.8) is 0 Å². The van der Waals surface area contributed by atoms with Gasteiger partial charge in [-0.25, -0.2) is 14.4 Å². The van der Waals surface area contributed by atoms with Crippen LogP contribution in [-0.4, -0.2) is 35.0 Å². The first-order valence-corrected chi connectivity index (χ1v) is 11.5. The van der Waals surface area contributed by atoms with Crippen molar-refractivity contribution in [1.29, 1.82) is 0 Å². The van der Waals surface area contributed by atoms with Crippen LogP contribution in [0.1, 0.15) is 21.5 Å². The first-order chi connectivity index (χ1) is 17.3. The zero-order valence-corrected chi connectivity index (χ0v) is 19.9. The van der Waals surface area contributed by atoms with Crippen molar-refractivity contribution in [2.45, 2.75) is 6.42 Å². The Balaban J connectivity index is 1.44. The molecule has 0 atom stereocenters. The average molecular weight is 505 g/mol. The van der Waals surface area contributed by atoms with Crippen LogP contribution >= 0.6 is 11.3 Å². The molecular weight excluding hydrogens is 483 g/mol. The molecule has 4 rings (SSSR count). The number of nitrogens with two attached hydrogens (primary N) is 2. The summed E-state index contributed by atoms with van der Waals surface area (Å²) in [5.74, 6) is -2.08. The highest BCUT2D eigenvalue weighted by molar-refractivity contribution is 7.22. The highest BCUT2D eigenvalue weighted by Crippen LogP contribution is 2.29. The summed E-state index contributed by atoms with van der Waals surface area (Å²) in [6, 6.07) is 12.6. The maximum atomic E-state index is 14.6. The number of allylic oxidation sites excluding steroid dienone is 1. The lowest BCUT2D eigenvalue weighted by Gasteiger charge is -2.09. The summed E-state index contributed by atoms with van der Waals surface area (Å²) in [6.07, 6.45) is 4.61. The second kappa shape index (κ2) is 10.7. The third kappa shape index (κ3) is 5.70. The van der Waals surface area contributed by atoms with E-state index in [9.17, 15) is 14.0 Å². The molecule has 182 valence electrons. The number of carbonyl (C=O) groups excluding carboxylic acids is 2. The molecule has 0 aliphatic carbocycles. The van der Waals surface area contributed by atoms with E-state index in [0.29, 0.717) is 21.9 Å². The van der Waals surface area contributed by atoms with E-state index in [4.69, 9.17) is 16.2 Å². The molecule has 0 aliphatic heterocycles. The Labute approximate surface area is 209 Å². The van der Waals surface area contributed by atoms with Gasteiger partial charge in [-0.3, -0.25) is 14.6 Å². The number of nitrogens with one attached hydrogen (secondary N) is 1. The highest BCUT2D eigenvalue weighted by Gasteiger charge is 2.15. The van der Waals surface area contributed by atoms with Crippen LogP contribution in [0.5, 0.6) is 11.6 Å². The molecule has 11 heteroatoms. The Bertz CT molecular complexity index is 1510. The number of fused-ring (bicyclic) bond motifs is 1. The summed E-state index contributed by atoms with van der Waals surface area (Å²) in [4.78, 5) is 36.3. The molecule has 2 aromatic carbocycles. The van der Waals surface area contributed by atoms with Crippen LogP contribution in [0, 0.1) is 5.82 Å². The van der Waals surface area contributed by atoms with Crippen molar-refractivity contribution in [2.24, 2.45) is 16.5 Å². The van der Waals surface area contributed by atoms with E-state index in [2.05, 4.69) is 20.3 Å². The average Bonchev–Trinajstić information content (AvgIpc) is 3.25. The molecule has 2 aromatic heterocycles. The van der Waals surface area contributed by atoms with Crippen molar-refractivity contribution in [2.75, 3.05) is 12.4 Å². The van der Waals surface area contributed by atoms with Crippen molar-refractivity contribution in [3.8, 4) is 11.6 Å². The van der Waals surface area contributed by atoms with Crippen molar-refractivity contribution < 1.29 is 18.7 Å². The number of aromatic nitrogens is 2. The van der Waals surface area contributed by atoms with E-state index in [1.54, 1.807) is 25.4 Å². The number of hydrogen-bond acceptors (Lipinski definition) is 8. The fraction of sp³-hybridized carbons (Fsp3) is 0.0800. The van der Waals surface area contributed by atoms with Gasteiger partial charge in [0.15, 0.2) is 16.7 Å². The molecular formula is C25H21FN6O3S. The quantitative estimate of drug-likeness (QED) is 0.310. The molecule has 9 nitrogen and oxygen atoms in total. The van der Waals surface area contributed by atoms with E-state index in [1.165, 1.54) is 41.8 Å². The van der Waals surface area contributed by atoms with Crippen LogP contribution in [-0.2, 0) is 11.2 Å². The summed E-state index contributed by atoms with van der Waals surface area (Å²) >= 11 is 1.32. The molecule has 2 amide bonds. The van der Waals surface area contributed by atoms with Gasteiger partial charge in [-0.1, -0.05) is 23.5 Å². The number of hydrogen-bond donors (Lipinski definition) is 3. The molecule has 0 radical (unpaired) electrons. The van der Waals surface area contributed by atoms with Gasteiger partial charge in [0.1, 0.15) is 5.56 Å². The maximum Gasteiger partial charge on any atom is 0.254 e. The second-order valence-electron chi connectivity index (χ2n) is 7.54. The molecule has 0 spiro atoms. The number of aliphatic imine (C=N–C) groups is 1. The third-order valence-electron chi connectivity index (χ3n) is 4.97. The number of halogens is 1. The van der Waals surface area contributed by atoms with E-state index < -0.39 is 11.7 Å². The standard InChI is InChI=1S/C25H21FN6O3S/c1-29-10-8-18(27)15-5-7-21-19(13-15)31-25(36-21)32-22(33)12-14-4-6-20(17(26)11-14)35-24-16(23(28)34)3-2-9-30-24/h2-11,13H,12,27H2,1H3,(H2,28,34)(H,31,32,33). The number of carbonyl (C=O) groups is 2. The Hall–Kier alpha value is -4.64. The molecule has 5 N–H and O–H groups in total. The predicted molar refractivity (Wildman–Crippen MR) is 138 cm³/mol. The Kier molecular flexibility index (Phi) is 7.31. The van der Waals surface area contributed by atoms with Crippen molar-refractivity contribution in [3.05, 3.63) is 83.3 Å². The predicted octanol–water partition coefficient (Wildman–Crippen LogP) is 3.90. The highest BCUT2D eigenvalue weighted by atomic mass is 32.1. The van der Waals surface area contributed by atoms with Gasteiger partial charge in [0.2, 0.25) is 11.8 Å². The number of primary amides is 1. The number of amides is 2. The van der Waals surface area contributed by atoms with Gasteiger partial charge in [-0.15, -0.1) is 0 Å². The van der Waals surface area contributed by atoms with Crippen LogP contribution in [0.3, 0.4) is 0 Å². The molecule has 0 unspecified atom stereocenters. The van der Waals surface area contributed by atoms with Crippen LogP contribution in [0.4, 0.5) is 9.52 Å². The number of ether oxygens (including phenoxy) is 1. The van der Waals surface area contributed by atoms with Crippen molar-refractivity contribution in [1.82, 2.24) is 9.97 Å². The van der Waals surface area contributed by atoms with E-state index >= 15 is 0 Å². The van der Waals surface area contributed by atoms with Gasteiger partial charge in [-0.05, 0) is 53.6 Å². The lowest BCUT2D eigenvalue weighted by Crippen LogP contribution is -2.14. The number of rotatable bonds is 8. The minimum Gasteiger partial charge on any atom is -0.435 e. The van der Waals surface area contributed by atoms with E-state index in [1.807, 2.05) is 18.2 Å². The zero-order chi connectivity index (χ0) is 25.7. The fourth-order valence-electron chi connectivity index (χ4n) is 3.26. The second-order valence-corrected chi connectivity index (χ2v) is 8.57. The van der Waals surface area contributed by atoms with Crippen LogP contribution < -0.4 is 21.5 Å². The lowest BCUT2D eigenvalue weighted by atomic mass is 10.1. The smallest absolute Gasteiger partial charge is 0.254 e. The SMILES string of the molecule is CN=CC=C(N)c1ccc2sc(NC(=O)Cc3ccc(Oc4ncccc4C(N)=O)c(F)c3)nc2c1. The van der Waals surface area contributed by atoms with Gasteiger partial charge in [-0.2, -0.15) is 0 Å². The minimum absolute atomic E-state index is 0.0248. The molecule has 0 saturated heterocycles. The van der Waals surface area contributed by atoms with Crippen LogP contribution in [0.15, 0.2) is 65.8 Å². The lowest BCUT2D eigenvalue weighted by molar-refractivity contribution is -0.115. The van der Waals surface area contributed by atoms with Gasteiger partial charge >= 0.3 is 0 Å². The summed E-state index contributed by atoms with van der Waals surface area (Å²) in [6.45, 7) is 0. The maximum absolute atomic E-state index is 14.6. The summed E-state index contributed by atoms with van der Waals surface area (Å²) in [5, 5.41) is 3.16. The molecule has 36 heavy (non-hydrogen) atoms. The summed E-state index contributed by atoms with van der Waals surface area (Å²) in [5.41, 5.74) is 13.8. The molecule has 0 aliphatic rings. The first kappa shape index (κ1) is 24.5. The third-order valence-corrected chi connectivity index (χ3v) is 5.93. The normalized spacial score (nSPS) is 11.7. The minimum atomic E-state index is -0.747. The van der Waals surface area contributed by atoms with E-state index in [0.717, 1.165) is 10.3 Å². The van der Waals surface area contributed by atoms with Crippen molar-refractivity contribution >= 4 is 50.4 Å². The number of benzene rings is 2. The Morgan fingerprint density at radius 2 is 2.03 bits per heavy atom. The number of pyridine rings is 1. The summed E-state index contributed by atoms with van der Waals surface area (Å²) in [7, 11) is 1.65. The zero-order valence-electron chi connectivity index (χ0n) is 19.1. The molecule has 2 heterocycles. The first-order valence-electron chi connectivity index (χ1n) is 10.6. The molecule has 4 aromatic rings. The van der Waals surface area contributed by atoms with Gasteiger partial charge in [0.25, 0.3) is 5.91 Å². The van der Waals surface area contributed by atoms with Gasteiger partial charge in [0, 0.05) is 25.2 Å². The van der Waals surface area contributed by atoms with Gasteiger partial charge < -0.3 is 21.5 Å².